The van der Waals surface area contributed by atoms with Gasteiger partial charge in [0.15, 0.2) is 0 Å². The summed E-state index contributed by atoms with van der Waals surface area (Å²) in [6, 6.07) is 8.37. The highest BCUT2D eigenvalue weighted by Gasteiger charge is 2.18. The van der Waals surface area contributed by atoms with Crippen LogP contribution in [0, 0.1) is 0 Å². The first-order valence-corrected chi connectivity index (χ1v) is 10.8. The van der Waals surface area contributed by atoms with Crippen LogP contribution < -0.4 is 15.1 Å². The van der Waals surface area contributed by atoms with E-state index in [4.69, 9.17) is 9.97 Å². The molecule has 0 amide bonds. The molecule has 1 saturated heterocycles. The van der Waals surface area contributed by atoms with Crippen LogP contribution in [0.2, 0.25) is 0 Å². The SMILES string of the molecule is CCCCSc1nc(N2CCN(C)CC2)nc2ccccc12.O=C([O-])C=CC(=O)[O-]. The third kappa shape index (κ3) is 7.64. The molecule has 0 spiro atoms. The van der Waals surface area contributed by atoms with E-state index < -0.39 is 11.9 Å². The highest BCUT2D eigenvalue weighted by atomic mass is 32.2. The number of piperazine rings is 1. The lowest BCUT2D eigenvalue weighted by Crippen LogP contribution is -2.45. The zero-order chi connectivity index (χ0) is 21.9. The second kappa shape index (κ2) is 12.1. The number of aliphatic carboxylic acids is 2. The van der Waals surface area contributed by atoms with Crippen LogP contribution >= 0.6 is 11.8 Å². The van der Waals surface area contributed by atoms with Crippen LogP contribution in [0.1, 0.15) is 19.8 Å². The van der Waals surface area contributed by atoms with Crippen LogP contribution in [0.4, 0.5) is 5.95 Å². The molecule has 0 aliphatic carbocycles. The summed E-state index contributed by atoms with van der Waals surface area (Å²) in [7, 11) is 2.17. The van der Waals surface area contributed by atoms with Crippen molar-refractivity contribution < 1.29 is 19.8 Å². The van der Waals surface area contributed by atoms with Gasteiger partial charge in [-0.05, 0) is 37.4 Å². The molecule has 3 rings (SSSR count). The van der Waals surface area contributed by atoms with E-state index >= 15 is 0 Å². The van der Waals surface area contributed by atoms with Crippen molar-refractivity contribution in [3.05, 3.63) is 36.4 Å². The lowest BCUT2D eigenvalue weighted by Gasteiger charge is -2.32. The van der Waals surface area contributed by atoms with Gasteiger partial charge in [-0.1, -0.05) is 31.5 Å². The van der Waals surface area contributed by atoms with Gasteiger partial charge in [-0.3, -0.25) is 0 Å². The summed E-state index contributed by atoms with van der Waals surface area (Å²) in [6.07, 6.45) is 3.22. The Bertz CT molecular complexity index is 866. The van der Waals surface area contributed by atoms with Gasteiger partial charge in [-0.15, -0.1) is 11.8 Å². The molecule has 0 atom stereocenters. The minimum absolute atomic E-state index is 0.384. The Balaban J connectivity index is 0.000000343. The number of hydrogen-bond acceptors (Lipinski definition) is 9. The predicted octanol–water partition coefficient (Wildman–Crippen LogP) is 0.316. The molecule has 1 aromatic carbocycles. The van der Waals surface area contributed by atoms with Crippen LogP contribution in [-0.4, -0.2) is 65.8 Å². The van der Waals surface area contributed by atoms with Crippen LogP contribution in [0.15, 0.2) is 41.4 Å². The molecule has 1 aromatic heterocycles. The number of fused-ring (bicyclic) bond motifs is 1. The number of carbonyl (C=O) groups excluding carboxylic acids is 2. The first-order chi connectivity index (χ1) is 14.4. The molecule has 8 nitrogen and oxygen atoms in total. The first kappa shape index (κ1) is 23.6. The second-order valence-electron chi connectivity index (χ2n) is 6.81. The molecular formula is C21H26N4O4S-2. The summed E-state index contributed by atoms with van der Waals surface area (Å²) < 4.78 is 0. The molecule has 2 heterocycles. The van der Waals surface area contributed by atoms with Crippen molar-refractivity contribution in [2.75, 3.05) is 43.9 Å². The van der Waals surface area contributed by atoms with Crippen LogP contribution in [0.25, 0.3) is 10.9 Å². The third-order valence-corrected chi connectivity index (χ3v) is 5.51. The molecule has 0 saturated carbocycles. The zero-order valence-electron chi connectivity index (χ0n) is 17.2. The number of para-hydroxylation sites is 1. The highest BCUT2D eigenvalue weighted by Crippen LogP contribution is 2.28. The monoisotopic (exact) mass is 430 g/mol. The minimum Gasteiger partial charge on any atom is -0.545 e. The molecule has 162 valence electrons. The Labute approximate surface area is 180 Å². The van der Waals surface area contributed by atoms with Crippen molar-refractivity contribution in [2.45, 2.75) is 24.8 Å². The number of likely N-dealkylation sites (N-methyl/N-ethyl adjacent to an activating group) is 1. The summed E-state index contributed by atoms with van der Waals surface area (Å²) in [5.74, 6) is -1.08. The van der Waals surface area contributed by atoms with E-state index in [0.29, 0.717) is 12.2 Å². The second-order valence-corrected chi connectivity index (χ2v) is 7.89. The average molecular weight is 431 g/mol. The Morgan fingerprint density at radius 1 is 1.07 bits per heavy atom. The van der Waals surface area contributed by atoms with Crippen molar-refractivity contribution >= 4 is 40.6 Å². The van der Waals surface area contributed by atoms with E-state index in [9.17, 15) is 19.8 Å². The maximum absolute atomic E-state index is 9.41. The normalized spacial score (nSPS) is 14.5. The maximum Gasteiger partial charge on any atom is 0.227 e. The Hall–Kier alpha value is -2.65. The number of thioether (sulfide) groups is 1. The fourth-order valence-corrected chi connectivity index (χ4v) is 3.84. The maximum atomic E-state index is 9.41. The molecule has 0 N–H and O–H groups in total. The van der Waals surface area contributed by atoms with E-state index in [1.807, 2.05) is 11.8 Å². The molecule has 0 radical (unpaired) electrons. The van der Waals surface area contributed by atoms with Gasteiger partial charge in [-0.25, -0.2) is 9.97 Å². The zero-order valence-corrected chi connectivity index (χ0v) is 18.1. The first-order valence-electron chi connectivity index (χ1n) is 9.83. The van der Waals surface area contributed by atoms with E-state index in [-0.39, 0.29) is 0 Å². The highest BCUT2D eigenvalue weighted by molar-refractivity contribution is 7.99. The third-order valence-electron chi connectivity index (χ3n) is 4.43. The van der Waals surface area contributed by atoms with Gasteiger partial charge in [0.05, 0.1) is 17.5 Å². The predicted molar refractivity (Wildman–Crippen MR) is 114 cm³/mol. The molecule has 1 fully saturated rings. The Morgan fingerprint density at radius 3 is 2.30 bits per heavy atom. The number of carboxylic acid groups (broad SMARTS) is 2. The molecule has 9 heteroatoms. The summed E-state index contributed by atoms with van der Waals surface area (Å²) in [5.41, 5.74) is 1.06. The van der Waals surface area contributed by atoms with Crippen molar-refractivity contribution in [3.8, 4) is 0 Å². The van der Waals surface area contributed by atoms with Gasteiger partial charge >= 0.3 is 0 Å². The molecule has 30 heavy (non-hydrogen) atoms. The number of carboxylic acids is 2. The summed E-state index contributed by atoms with van der Waals surface area (Å²) in [4.78, 5) is 33.2. The van der Waals surface area contributed by atoms with Crippen LogP contribution in [-0.2, 0) is 9.59 Å². The lowest BCUT2D eigenvalue weighted by molar-refractivity contribution is -0.301. The average Bonchev–Trinajstić information content (AvgIpc) is 2.73. The van der Waals surface area contributed by atoms with E-state index in [1.165, 1.54) is 18.2 Å². The van der Waals surface area contributed by atoms with Gasteiger partial charge < -0.3 is 29.6 Å². The van der Waals surface area contributed by atoms with Gasteiger partial charge in [0.25, 0.3) is 0 Å². The molecule has 2 aromatic rings. The van der Waals surface area contributed by atoms with Crippen molar-refractivity contribution in [2.24, 2.45) is 0 Å². The standard InChI is InChI=1S/C17H24N4S.C4H4O4/c1-3-4-13-22-16-14-7-5-6-8-15(14)18-17(19-16)21-11-9-20(2)10-12-21;5-3(6)1-2-4(7)8/h5-8H,3-4,9-13H2,1-2H3;1-2H,(H,5,6)(H,7,8)/p-2. The van der Waals surface area contributed by atoms with E-state index in [2.05, 4.69) is 48.0 Å². The number of nitrogens with zero attached hydrogens (tertiary/aromatic N) is 4. The number of anilines is 1. The Kier molecular flexibility index (Phi) is 9.56. The summed E-state index contributed by atoms with van der Waals surface area (Å²) >= 11 is 1.87. The van der Waals surface area contributed by atoms with E-state index in [0.717, 1.165) is 48.4 Å². The summed E-state index contributed by atoms with van der Waals surface area (Å²) in [6.45, 7) is 6.40. The number of hydrogen-bond donors (Lipinski definition) is 0. The molecular weight excluding hydrogens is 404 g/mol. The van der Waals surface area contributed by atoms with Crippen molar-refractivity contribution in [1.82, 2.24) is 14.9 Å². The van der Waals surface area contributed by atoms with Crippen molar-refractivity contribution in [3.63, 3.8) is 0 Å². The fraction of sp³-hybridized carbons (Fsp3) is 0.429. The van der Waals surface area contributed by atoms with Crippen LogP contribution in [0.3, 0.4) is 0 Å². The van der Waals surface area contributed by atoms with Gasteiger partial charge in [0.1, 0.15) is 5.03 Å². The smallest absolute Gasteiger partial charge is 0.227 e. The number of benzene rings is 1. The van der Waals surface area contributed by atoms with Gasteiger partial charge in [0.2, 0.25) is 5.95 Å². The van der Waals surface area contributed by atoms with E-state index in [1.54, 1.807) is 0 Å². The molecule has 0 bridgehead atoms. The number of carbonyl (C=O) groups is 2. The van der Waals surface area contributed by atoms with Gasteiger partial charge in [-0.2, -0.15) is 0 Å². The largest absolute Gasteiger partial charge is 0.545 e. The Morgan fingerprint density at radius 2 is 1.70 bits per heavy atom. The van der Waals surface area contributed by atoms with Crippen molar-refractivity contribution in [1.29, 1.82) is 0 Å². The molecule has 1 aliphatic heterocycles. The number of rotatable bonds is 7. The number of aromatic nitrogens is 2. The fourth-order valence-electron chi connectivity index (χ4n) is 2.74. The molecule has 0 unspecified atom stereocenters. The lowest BCUT2D eigenvalue weighted by atomic mass is 10.2. The quantitative estimate of drug-likeness (QED) is 0.265. The number of unbranched alkanes of at least 4 members (excludes halogenated alkanes) is 1. The van der Waals surface area contributed by atoms with Crippen LogP contribution in [0.5, 0.6) is 0 Å². The summed E-state index contributed by atoms with van der Waals surface area (Å²) in [5, 5.41) is 21.1. The molecule has 1 aliphatic rings. The topological polar surface area (TPSA) is 113 Å². The van der Waals surface area contributed by atoms with Gasteiger partial charge in [0, 0.05) is 31.6 Å². The minimum atomic E-state index is -1.55.